The molecule has 3 N–H and O–H groups in total. The molecule has 0 saturated carbocycles. The first-order valence-corrected chi connectivity index (χ1v) is 9.65. The van der Waals surface area contributed by atoms with Gasteiger partial charge >= 0.3 is 12.1 Å². The van der Waals surface area contributed by atoms with Gasteiger partial charge in [-0.2, -0.15) is 0 Å². The van der Waals surface area contributed by atoms with E-state index in [-0.39, 0.29) is 19.4 Å². The standard InChI is InChI=1S/C23H26N2O5/c1-2-3-14-19(22(27)28)24-21(26)20(15-17-10-6-4-7-11-17)25-23(29)30-16-18-12-8-5-9-13-18/h2-13,19-20H,14-16H2,1H3,(H,24,26)(H,25,29)(H,27,28)/b3-2+/t19?,20-/m0/s1. The largest absolute Gasteiger partial charge is 0.480 e. The van der Waals surface area contributed by atoms with Crippen LogP contribution in [0.4, 0.5) is 4.79 Å². The third kappa shape index (κ3) is 7.79. The average Bonchev–Trinajstić information content (AvgIpc) is 2.76. The molecule has 2 atom stereocenters. The molecule has 158 valence electrons. The lowest BCUT2D eigenvalue weighted by atomic mass is 10.0. The first-order chi connectivity index (χ1) is 14.5. The molecule has 2 rings (SSSR count). The van der Waals surface area contributed by atoms with Crippen molar-refractivity contribution in [3.8, 4) is 0 Å². The molecule has 30 heavy (non-hydrogen) atoms. The number of carboxylic acids is 1. The minimum atomic E-state index is -1.15. The van der Waals surface area contributed by atoms with E-state index in [4.69, 9.17) is 4.74 Å². The Morgan fingerprint density at radius 2 is 1.53 bits per heavy atom. The molecule has 0 saturated heterocycles. The van der Waals surface area contributed by atoms with E-state index < -0.39 is 30.1 Å². The van der Waals surface area contributed by atoms with Crippen LogP contribution in [0, 0.1) is 0 Å². The maximum absolute atomic E-state index is 12.8. The van der Waals surface area contributed by atoms with Crippen LogP contribution >= 0.6 is 0 Å². The average molecular weight is 410 g/mol. The predicted octanol–water partition coefficient (Wildman–Crippen LogP) is 3.06. The number of hydrogen-bond donors (Lipinski definition) is 3. The molecule has 0 spiro atoms. The Labute approximate surface area is 175 Å². The second kappa shape index (κ2) is 12.1. The summed E-state index contributed by atoms with van der Waals surface area (Å²) < 4.78 is 5.21. The molecular formula is C23H26N2O5. The smallest absolute Gasteiger partial charge is 0.408 e. The van der Waals surface area contributed by atoms with Crippen molar-refractivity contribution in [1.29, 1.82) is 0 Å². The number of amides is 2. The predicted molar refractivity (Wildman–Crippen MR) is 113 cm³/mol. The van der Waals surface area contributed by atoms with Crippen LogP contribution in [0.15, 0.2) is 72.8 Å². The first kappa shape index (κ1) is 22.7. The van der Waals surface area contributed by atoms with Gasteiger partial charge in [0.05, 0.1) is 0 Å². The second-order valence-corrected chi connectivity index (χ2v) is 6.65. The lowest BCUT2D eigenvalue weighted by Gasteiger charge is -2.21. The molecule has 7 nitrogen and oxygen atoms in total. The van der Waals surface area contributed by atoms with Gasteiger partial charge in [-0.05, 0) is 24.5 Å². The molecule has 1 unspecified atom stereocenters. The fraction of sp³-hybridized carbons (Fsp3) is 0.261. The number of nitrogens with one attached hydrogen (secondary N) is 2. The van der Waals surface area contributed by atoms with Crippen LogP contribution in [0.2, 0.25) is 0 Å². The minimum Gasteiger partial charge on any atom is -0.480 e. The van der Waals surface area contributed by atoms with Gasteiger partial charge in [-0.15, -0.1) is 0 Å². The molecule has 2 amide bonds. The summed E-state index contributed by atoms with van der Waals surface area (Å²) in [4.78, 5) is 36.5. The zero-order valence-electron chi connectivity index (χ0n) is 16.8. The Morgan fingerprint density at radius 3 is 2.10 bits per heavy atom. The van der Waals surface area contributed by atoms with Gasteiger partial charge in [0.1, 0.15) is 18.7 Å². The summed E-state index contributed by atoms with van der Waals surface area (Å²) in [5.41, 5.74) is 1.63. The molecule has 0 aliphatic heterocycles. The van der Waals surface area contributed by atoms with Crippen molar-refractivity contribution in [3.05, 3.63) is 83.9 Å². The number of ether oxygens (including phenoxy) is 1. The van der Waals surface area contributed by atoms with E-state index in [0.717, 1.165) is 11.1 Å². The van der Waals surface area contributed by atoms with E-state index in [1.807, 2.05) is 60.7 Å². The highest BCUT2D eigenvalue weighted by atomic mass is 16.5. The van der Waals surface area contributed by atoms with Crippen molar-refractivity contribution >= 4 is 18.0 Å². The van der Waals surface area contributed by atoms with Gasteiger partial charge in [0.2, 0.25) is 5.91 Å². The lowest BCUT2D eigenvalue weighted by Crippen LogP contribution is -2.52. The van der Waals surface area contributed by atoms with Gasteiger partial charge in [-0.25, -0.2) is 9.59 Å². The van der Waals surface area contributed by atoms with Crippen molar-refractivity contribution in [1.82, 2.24) is 10.6 Å². The number of carbonyl (C=O) groups is 3. The number of benzene rings is 2. The zero-order chi connectivity index (χ0) is 21.8. The normalized spacial score (nSPS) is 12.7. The Kier molecular flexibility index (Phi) is 9.12. The van der Waals surface area contributed by atoms with Gasteiger partial charge in [0.25, 0.3) is 0 Å². The molecule has 0 heterocycles. The van der Waals surface area contributed by atoms with E-state index in [0.29, 0.717) is 0 Å². The van der Waals surface area contributed by atoms with Crippen molar-refractivity contribution < 1.29 is 24.2 Å². The van der Waals surface area contributed by atoms with E-state index in [9.17, 15) is 19.5 Å². The highest BCUT2D eigenvalue weighted by Crippen LogP contribution is 2.06. The van der Waals surface area contributed by atoms with Gasteiger partial charge < -0.3 is 20.5 Å². The molecule has 7 heteroatoms. The molecule has 0 aliphatic carbocycles. The highest BCUT2D eigenvalue weighted by Gasteiger charge is 2.26. The molecule has 2 aromatic rings. The highest BCUT2D eigenvalue weighted by molar-refractivity contribution is 5.89. The summed E-state index contributed by atoms with van der Waals surface area (Å²) in [5, 5.41) is 14.4. The minimum absolute atomic E-state index is 0.0609. The second-order valence-electron chi connectivity index (χ2n) is 6.65. The molecule has 0 radical (unpaired) electrons. The molecule has 0 aliphatic rings. The third-order valence-electron chi connectivity index (χ3n) is 4.33. The van der Waals surface area contributed by atoms with Crippen LogP contribution in [0.3, 0.4) is 0 Å². The lowest BCUT2D eigenvalue weighted by molar-refractivity contribution is -0.142. The third-order valence-corrected chi connectivity index (χ3v) is 4.33. The van der Waals surface area contributed by atoms with Crippen LogP contribution in [-0.4, -0.2) is 35.2 Å². The molecule has 2 aromatic carbocycles. The molecule has 0 bridgehead atoms. The number of hydrogen-bond acceptors (Lipinski definition) is 4. The topological polar surface area (TPSA) is 105 Å². The zero-order valence-corrected chi connectivity index (χ0v) is 16.8. The molecular weight excluding hydrogens is 384 g/mol. The molecule has 0 aromatic heterocycles. The Morgan fingerprint density at radius 1 is 0.933 bits per heavy atom. The van der Waals surface area contributed by atoms with Crippen LogP contribution < -0.4 is 10.6 Å². The number of rotatable bonds is 10. The summed E-state index contributed by atoms with van der Waals surface area (Å²) in [6, 6.07) is 16.2. The van der Waals surface area contributed by atoms with Gasteiger partial charge in [-0.1, -0.05) is 72.8 Å². The first-order valence-electron chi connectivity index (χ1n) is 9.65. The number of carboxylic acid groups (broad SMARTS) is 1. The number of alkyl carbamates (subject to hydrolysis) is 1. The Hall–Kier alpha value is -3.61. The van der Waals surface area contributed by atoms with Crippen molar-refractivity contribution in [3.63, 3.8) is 0 Å². The maximum Gasteiger partial charge on any atom is 0.408 e. The summed E-state index contributed by atoms with van der Waals surface area (Å²) in [7, 11) is 0. The van der Waals surface area contributed by atoms with Crippen LogP contribution in [-0.2, 0) is 27.4 Å². The van der Waals surface area contributed by atoms with E-state index in [1.54, 1.807) is 19.1 Å². The summed E-state index contributed by atoms with van der Waals surface area (Å²) in [6.07, 6.45) is 2.96. The monoisotopic (exact) mass is 410 g/mol. The SMILES string of the molecule is C/C=C/CC(NC(=O)[C@H](Cc1ccccc1)NC(=O)OCc1ccccc1)C(=O)O. The summed E-state index contributed by atoms with van der Waals surface area (Å²) in [5.74, 6) is -1.74. The maximum atomic E-state index is 12.8. The fourth-order valence-corrected chi connectivity index (χ4v) is 2.73. The number of allylic oxidation sites excluding steroid dienone is 1. The molecule has 0 fully saturated rings. The number of carbonyl (C=O) groups excluding carboxylic acids is 2. The Balaban J connectivity index is 2.05. The van der Waals surface area contributed by atoms with Crippen LogP contribution in [0.25, 0.3) is 0 Å². The fourth-order valence-electron chi connectivity index (χ4n) is 2.73. The van der Waals surface area contributed by atoms with Gasteiger partial charge in [0.15, 0.2) is 0 Å². The quantitative estimate of drug-likeness (QED) is 0.522. The van der Waals surface area contributed by atoms with Crippen molar-refractivity contribution in [2.75, 3.05) is 0 Å². The van der Waals surface area contributed by atoms with Crippen LogP contribution in [0.1, 0.15) is 24.5 Å². The van der Waals surface area contributed by atoms with Crippen molar-refractivity contribution in [2.24, 2.45) is 0 Å². The van der Waals surface area contributed by atoms with Crippen molar-refractivity contribution in [2.45, 2.75) is 38.5 Å². The number of aliphatic carboxylic acids is 1. The Bertz CT molecular complexity index is 852. The summed E-state index contributed by atoms with van der Waals surface area (Å²) >= 11 is 0. The van der Waals surface area contributed by atoms with E-state index >= 15 is 0 Å². The van der Waals surface area contributed by atoms with E-state index in [2.05, 4.69) is 10.6 Å². The van der Waals surface area contributed by atoms with Gasteiger partial charge in [-0.3, -0.25) is 4.79 Å². The van der Waals surface area contributed by atoms with Crippen LogP contribution in [0.5, 0.6) is 0 Å². The van der Waals surface area contributed by atoms with Gasteiger partial charge in [0, 0.05) is 6.42 Å². The summed E-state index contributed by atoms with van der Waals surface area (Å²) in [6.45, 7) is 1.83. The van der Waals surface area contributed by atoms with E-state index in [1.165, 1.54) is 0 Å².